The molecule has 1 saturated heterocycles. The van der Waals surface area contributed by atoms with Crippen LogP contribution in [0.3, 0.4) is 0 Å². The van der Waals surface area contributed by atoms with Crippen LogP contribution in [0, 0.1) is 13.8 Å². The van der Waals surface area contributed by atoms with Gasteiger partial charge in [0.25, 0.3) is 5.91 Å². The second-order valence-electron chi connectivity index (χ2n) is 7.48. The number of amides is 1. The van der Waals surface area contributed by atoms with E-state index in [4.69, 9.17) is 9.47 Å². The minimum Gasteiger partial charge on any atom is -0.494 e. The lowest BCUT2D eigenvalue weighted by Gasteiger charge is -2.12. The van der Waals surface area contributed by atoms with Gasteiger partial charge in [-0.05, 0) is 97.8 Å². The van der Waals surface area contributed by atoms with Crippen molar-refractivity contribution in [2.75, 3.05) is 13.2 Å². The number of hydrogen-bond donors (Lipinski definition) is 1. The highest BCUT2D eigenvalue weighted by Gasteiger charge is 2.25. The van der Waals surface area contributed by atoms with E-state index in [1.54, 1.807) is 0 Å². The first-order valence-electron chi connectivity index (χ1n) is 10.7. The van der Waals surface area contributed by atoms with E-state index in [1.807, 2.05) is 68.5 Å². The molecule has 4 rings (SSSR count). The van der Waals surface area contributed by atoms with Gasteiger partial charge in [-0.25, -0.2) is 4.99 Å². The van der Waals surface area contributed by atoms with Gasteiger partial charge in [-0.3, -0.25) is 4.79 Å². The molecule has 0 spiro atoms. The average molecular weight is 447 g/mol. The predicted octanol–water partition coefficient (Wildman–Crippen LogP) is 6.15. The number of rotatable bonds is 6. The van der Waals surface area contributed by atoms with Crippen molar-refractivity contribution in [3.63, 3.8) is 0 Å². The summed E-state index contributed by atoms with van der Waals surface area (Å²) < 4.78 is 11.6. The molecule has 1 fully saturated rings. The summed E-state index contributed by atoms with van der Waals surface area (Å²) >= 11 is 1.33. The first-order valence-corrected chi connectivity index (χ1v) is 11.5. The topological polar surface area (TPSA) is 59.9 Å². The van der Waals surface area contributed by atoms with Crippen LogP contribution in [0.15, 0.2) is 58.4 Å². The zero-order valence-electron chi connectivity index (χ0n) is 18.7. The van der Waals surface area contributed by atoms with Crippen molar-refractivity contribution in [3.05, 3.63) is 70.1 Å². The minimum absolute atomic E-state index is 0.169. The number of hydrogen-bond acceptors (Lipinski definition) is 5. The van der Waals surface area contributed by atoms with Gasteiger partial charge >= 0.3 is 0 Å². The molecule has 3 aromatic carbocycles. The van der Waals surface area contributed by atoms with Crippen LogP contribution in [0.1, 0.15) is 30.5 Å². The van der Waals surface area contributed by atoms with Crippen LogP contribution in [0.2, 0.25) is 0 Å². The van der Waals surface area contributed by atoms with E-state index in [0.29, 0.717) is 23.3 Å². The number of fused-ring (bicyclic) bond motifs is 1. The van der Waals surface area contributed by atoms with Crippen LogP contribution < -0.4 is 14.8 Å². The molecule has 1 aliphatic rings. The van der Waals surface area contributed by atoms with Crippen molar-refractivity contribution in [1.82, 2.24) is 5.32 Å². The first-order chi connectivity index (χ1) is 15.5. The monoisotopic (exact) mass is 446 g/mol. The van der Waals surface area contributed by atoms with Crippen LogP contribution >= 0.6 is 11.8 Å². The van der Waals surface area contributed by atoms with Gasteiger partial charge in [-0.15, -0.1) is 0 Å². The Balaban J connectivity index is 1.74. The zero-order chi connectivity index (χ0) is 22.7. The number of nitrogens with one attached hydrogen (secondary N) is 1. The SMILES string of the molecule is CCOc1ccc2ccc(OCC)c(/C=C3\SC(=Nc4ccc(C)c(C)c4)NC3=O)c2c1. The minimum atomic E-state index is -0.169. The summed E-state index contributed by atoms with van der Waals surface area (Å²) in [6.45, 7) is 9.14. The second-order valence-corrected chi connectivity index (χ2v) is 8.51. The lowest BCUT2D eigenvalue weighted by Crippen LogP contribution is -2.19. The van der Waals surface area contributed by atoms with Gasteiger partial charge in [0.2, 0.25) is 0 Å². The Bertz CT molecular complexity index is 1240. The maximum absolute atomic E-state index is 12.7. The molecule has 6 heteroatoms. The maximum atomic E-state index is 12.7. The van der Waals surface area contributed by atoms with Gasteiger partial charge < -0.3 is 14.8 Å². The highest BCUT2D eigenvalue weighted by molar-refractivity contribution is 8.18. The van der Waals surface area contributed by atoms with Crippen molar-refractivity contribution in [1.29, 1.82) is 0 Å². The second kappa shape index (κ2) is 9.49. The summed E-state index contributed by atoms with van der Waals surface area (Å²) in [7, 11) is 0. The largest absolute Gasteiger partial charge is 0.494 e. The van der Waals surface area contributed by atoms with Gasteiger partial charge in [0.1, 0.15) is 11.5 Å². The normalized spacial score (nSPS) is 16.1. The number of carbonyl (C=O) groups excluding carboxylic acids is 1. The molecule has 5 nitrogen and oxygen atoms in total. The van der Waals surface area contributed by atoms with Crippen LogP contribution in [0.4, 0.5) is 5.69 Å². The summed E-state index contributed by atoms with van der Waals surface area (Å²) in [5, 5.41) is 5.47. The Kier molecular flexibility index (Phi) is 6.51. The third-order valence-corrected chi connectivity index (χ3v) is 6.16. The highest BCUT2D eigenvalue weighted by atomic mass is 32.2. The lowest BCUT2D eigenvalue weighted by molar-refractivity contribution is -0.115. The van der Waals surface area contributed by atoms with Crippen molar-refractivity contribution < 1.29 is 14.3 Å². The van der Waals surface area contributed by atoms with E-state index in [1.165, 1.54) is 22.9 Å². The van der Waals surface area contributed by atoms with Crippen LogP contribution in [-0.4, -0.2) is 24.3 Å². The number of nitrogens with zero attached hydrogens (tertiary/aromatic N) is 1. The lowest BCUT2D eigenvalue weighted by atomic mass is 10.0. The predicted molar refractivity (Wildman–Crippen MR) is 133 cm³/mol. The molecule has 32 heavy (non-hydrogen) atoms. The fraction of sp³-hybridized carbons (Fsp3) is 0.231. The molecule has 0 aromatic heterocycles. The number of amidine groups is 1. The Morgan fingerprint density at radius 1 is 0.969 bits per heavy atom. The molecule has 1 N–H and O–H groups in total. The number of benzene rings is 3. The fourth-order valence-corrected chi connectivity index (χ4v) is 4.34. The van der Waals surface area contributed by atoms with E-state index in [9.17, 15) is 4.79 Å². The molecular formula is C26H26N2O3S. The number of carbonyl (C=O) groups is 1. The fourth-order valence-electron chi connectivity index (χ4n) is 3.51. The highest BCUT2D eigenvalue weighted by Crippen LogP contribution is 2.36. The molecule has 3 aromatic rings. The molecule has 0 unspecified atom stereocenters. The van der Waals surface area contributed by atoms with Crippen molar-refractivity contribution >= 4 is 45.4 Å². The molecule has 0 bridgehead atoms. The summed E-state index contributed by atoms with van der Waals surface area (Å²) in [6.07, 6.45) is 1.88. The summed E-state index contributed by atoms with van der Waals surface area (Å²) in [5.41, 5.74) is 4.05. The van der Waals surface area contributed by atoms with Gasteiger partial charge in [0.05, 0.1) is 23.8 Å². The number of aliphatic imine (C=N–C) groups is 1. The Morgan fingerprint density at radius 2 is 1.75 bits per heavy atom. The Hall–Kier alpha value is -3.25. The molecule has 1 aliphatic heterocycles. The molecule has 0 aliphatic carbocycles. The first kappa shape index (κ1) is 22.0. The van der Waals surface area contributed by atoms with Crippen LogP contribution in [0.25, 0.3) is 16.8 Å². The van der Waals surface area contributed by atoms with Crippen LogP contribution in [0.5, 0.6) is 11.5 Å². The third kappa shape index (κ3) is 4.65. The molecule has 1 heterocycles. The average Bonchev–Trinajstić information content (AvgIpc) is 3.11. The molecular weight excluding hydrogens is 420 g/mol. The standard InChI is InChI=1S/C26H26N2O3S/c1-5-30-20-11-8-18-9-12-23(31-6-2)22(21(18)14-20)15-24-25(29)28-26(32-24)27-19-10-7-16(3)17(4)13-19/h7-15H,5-6H2,1-4H3,(H,27,28,29)/b24-15-. The molecule has 0 atom stereocenters. The maximum Gasteiger partial charge on any atom is 0.264 e. The van der Waals surface area contributed by atoms with E-state index in [-0.39, 0.29) is 5.91 Å². The Morgan fingerprint density at radius 3 is 2.50 bits per heavy atom. The zero-order valence-corrected chi connectivity index (χ0v) is 19.5. The van der Waals surface area contributed by atoms with E-state index in [2.05, 4.69) is 24.2 Å². The van der Waals surface area contributed by atoms with Crippen molar-refractivity contribution in [2.24, 2.45) is 4.99 Å². The van der Waals surface area contributed by atoms with Gasteiger partial charge in [-0.2, -0.15) is 0 Å². The number of ether oxygens (including phenoxy) is 2. The van der Waals surface area contributed by atoms with Crippen molar-refractivity contribution in [2.45, 2.75) is 27.7 Å². The van der Waals surface area contributed by atoms with Gasteiger partial charge in [0, 0.05) is 5.56 Å². The van der Waals surface area contributed by atoms with Crippen LogP contribution in [-0.2, 0) is 4.79 Å². The van der Waals surface area contributed by atoms with Crippen molar-refractivity contribution in [3.8, 4) is 11.5 Å². The molecule has 0 radical (unpaired) electrons. The van der Waals surface area contributed by atoms with E-state index < -0.39 is 0 Å². The summed E-state index contributed by atoms with van der Waals surface area (Å²) in [5.74, 6) is 1.35. The van der Waals surface area contributed by atoms with Gasteiger partial charge in [0.15, 0.2) is 5.17 Å². The smallest absolute Gasteiger partial charge is 0.264 e. The number of aryl methyl sites for hydroxylation is 2. The molecule has 164 valence electrons. The molecule has 0 saturated carbocycles. The van der Waals surface area contributed by atoms with E-state index >= 15 is 0 Å². The Labute approximate surface area is 192 Å². The summed E-state index contributed by atoms with van der Waals surface area (Å²) in [6, 6.07) is 15.9. The molecule has 1 amide bonds. The number of thioether (sulfide) groups is 1. The third-order valence-electron chi connectivity index (χ3n) is 5.25. The van der Waals surface area contributed by atoms with E-state index in [0.717, 1.165) is 33.5 Å². The summed E-state index contributed by atoms with van der Waals surface area (Å²) in [4.78, 5) is 17.9. The quantitative estimate of drug-likeness (QED) is 0.462. The van der Waals surface area contributed by atoms with Gasteiger partial charge in [-0.1, -0.05) is 18.2 Å².